The van der Waals surface area contributed by atoms with Gasteiger partial charge in [0.1, 0.15) is 6.10 Å². The molecule has 4 nitrogen and oxygen atoms in total. The second-order valence-corrected chi connectivity index (χ2v) is 5.19. The van der Waals surface area contributed by atoms with Crippen molar-refractivity contribution in [3.05, 3.63) is 0 Å². The van der Waals surface area contributed by atoms with E-state index in [0.717, 1.165) is 12.8 Å². The van der Waals surface area contributed by atoms with Crippen LogP contribution >= 0.6 is 0 Å². The molecule has 1 atom stereocenters. The standard InChI is InChI=1S/C14H22O4/c1-4-6-8-15-12(3)14-16-9-13(7-5-2,10-17-14)11-18-14/h1,12H,5-11H2,2-3H3. The van der Waals surface area contributed by atoms with Gasteiger partial charge in [-0.3, -0.25) is 0 Å². The van der Waals surface area contributed by atoms with Crippen LogP contribution in [0, 0.1) is 17.8 Å². The average molecular weight is 254 g/mol. The van der Waals surface area contributed by atoms with Gasteiger partial charge in [0.25, 0.3) is 0 Å². The van der Waals surface area contributed by atoms with Crippen molar-refractivity contribution in [3.63, 3.8) is 0 Å². The lowest BCUT2D eigenvalue weighted by atomic mass is 9.84. The highest BCUT2D eigenvalue weighted by Crippen LogP contribution is 2.43. The molecule has 0 radical (unpaired) electrons. The molecule has 102 valence electrons. The summed E-state index contributed by atoms with van der Waals surface area (Å²) in [6.45, 7) is 6.61. The maximum atomic E-state index is 5.79. The van der Waals surface area contributed by atoms with Crippen LogP contribution in [0.1, 0.15) is 33.1 Å². The van der Waals surface area contributed by atoms with Crippen LogP contribution in [0.5, 0.6) is 0 Å². The predicted molar refractivity (Wildman–Crippen MR) is 66.8 cm³/mol. The van der Waals surface area contributed by atoms with Crippen LogP contribution in [-0.2, 0) is 18.9 Å². The highest BCUT2D eigenvalue weighted by Gasteiger charge is 2.55. The van der Waals surface area contributed by atoms with Gasteiger partial charge >= 0.3 is 5.97 Å². The first kappa shape index (κ1) is 13.8. The molecule has 0 spiro atoms. The zero-order valence-electron chi connectivity index (χ0n) is 11.2. The summed E-state index contributed by atoms with van der Waals surface area (Å²) in [5, 5.41) is 0. The molecule has 18 heavy (non-hydrogen) atoms. The average Bonchev–Trinajstić information content (AvgIpc) is 2.41. The topological polar surface area (TPSA) is 36.9 Å². The molecule has 0 aliphatic carbocycles. The Balaban J connectivity index is 1.90. The predicted octanol–water partition coefficient (Wildman–Crippen LogP) is 1.93. The Labute approximate surface area is 109 Å². The van der Waals surface area contributed by atoms with E-state index in [0.29, 0.717) is 32.8 Å². The second kappa shape index (κ2) is 5.58. The van der Waals surface area contributed by atoms with Gasteiger partial charge in [0, 0.05) is 11.8 Å². The Kier molecular flexibility index (Phi) is 4.29. The number of hydrogen-bond acceptors (Lipinski definition) is 4. The number of rotatable bonds is 6. The van der Waals surface area contributed by atoms with Crippen LogP contribution in [0.4, 0.5) is 0 Å². The van der Waals surface area contributed by atoms with Gasteiger partial charge in [-0.25, -0.2) is 0 Å². The van der Waals surface area contributed by atoms with Crippen molar-refractivity contribution in [2.45, 2.75) is 45.2 Å². The van der Waals surface area contributed by atoms with Crippen LogP contribution in [0.25, 0.3) is 0 Å². The van der Waals surface area contributed by atoms with Crippen molar-refractivity contribution in [3.8, 4) is 12.3 Å². The lowest BCUT2D eigenvalue weighted by Crippen LogP contribution is -2.64. The van der Waals surface area contributed by atoms with E-state index in [2.05, 4.69) is 12.8 Å². The van der Waals surface area contributed by atoms with Crippen molar-refractivity contribution in [2.24, 2.45) is 5.41 Å². The molecular formula is C14H22O4. The molecule has 2 bridgehead atoms. The first-order valence-corrected chi connectivity index (χ1v) is 6.63. The summed E-state index contributed by atoms with van der Waals surface area (Å²) in [7, 11) is 0. The minimum Gasteiger partial charge on any atom is -0.369 e. The molecule has 0 amide bonds. The summed E-state index contributed by atoms with van der Waals surface area (Å²) in [6, 6.07) is 0. The molecule has 3 fully saturated rings. The summed E-state index contributed by atoms with van der Waals surface area (Å²) < 4.78 is 23.0. The van der Waals surface area contributed by atoms with Gasteiger partial charge in [-0.1, -0.05) is 13.3 Å². The minimum absolute atomic E-state index is 0.0367. The van der Waals surface area contributed by atoms with Crippen molar-refractivity contribution in [2.75, 3.05) is 26.4 Å². The van der Waals surface area contributed by atoms with E-state index < -0.39 is 5.97 Å². The first-order chi connectivity index (χ1) is 8.66. The van der Waals surface area contributed by atoms with Gasteiger partial charge in [0.2, 0.25) is 0 Å². The van der Waals surface area contributed by atoms with Gasteiger partial charge in [-0.15, -0.1) is 12.3 Å². The monoisotopic (exact) mass is 254 g/mol. The normalized spacial score (nSPS) is 36.3. The minimum atomic E-state index is -1.02. The van der Waals surface area contributed by atoms with E-state index in [1.165, 1.54) is 0 Å². The molecule has 0 aromatic rings. The summed E-state index contributed by atoms with van der Waals surface area (Å²) in [5.41, 5.74) is 0.0367. The molecule has 3 heterocycles. The van der Waals surface area contributed by atoms with Gasteiger partial charge in [-0.2, -0.15) is 0 Å². The molecule has 3 aliphatic heterocycles. The van der Waals surface area contributed by atoms with E-state index in [9.17, 15) is 0 Å². The van der Waals surface area contributed by atoms with Gasteiger partial charge in [-0.05, 0) is 13.3 Å². The third-order valence-electron chi connectivity index (χ3n) is 3.63. The Morgan fingerprint density at radius 2 is 1.89 bits per heavy atom. The summed E-state index contributed by atoms with van der Waals surface area (Å²) in [5.74, 6) is 1.52. The van der Waals surface area contributed by atoms with Crippen molar-refractivity contribution in [1.29, 1.82) is 0 Å². The Bertz CT molecular complexity index is 296. The van der Waals surface area contributed by atoms with E-state index in [1.807, 2.05) is 6.92 Å². The maximum Gasteiger partial charge on any atom is 0.310 e. The lowest BCUT2D eigenvalue weighted by Gasteiger charge is -2.53. The Morgan fingerprint density at radius 1 is 1.28 bits per heavy atom. The molecule has 3 saturated heterocycles. The fourth-order valence-corrected chi connectivity index (χ4v) is 2.51. The van der Waals surface area contributed by atoms with Crippen LogP contribution < -0.4 is 0 Å². The Hall–Kier alpha value is -0.600. The fraction of sp³-hybridized carbons (Fsp3) is 0.857. The SMILES string of the molecule is C#CCCOC(C)C12OCC(CCC)(CO1)CO2. The zero-order chi connectivity index (χ0) is 13.1. The highest BCUT2D eigenvalue weighted by molar-refractivity contribution is 4.90. The largest absolute Gasteiger partial charge is 0.369 e. The molecule has 1 unspecified atom stereocenters. The number of ether oxygens (including phenoxy) is 4. The number of terminal acetylenes is 1. The third-order valence-corrected chi connectivity index (χ3v) is 3.63. The first-order valence-electron chi connectivity index (χ1n) is 6.63. The highest BCUT2D eigenvalue weighted by atomic mass is 16.9. The molecule has 0 aromatic carbocycles. The number of hydrogen-bond donors (Lipinski definition) is 0. The van der Waals surface area contributed by atoms with Crippen LogP contribution in [-0.4, -0.2) is 38.5 Å². The van der Waals surface area contributed by atoms with E-state index in [-0.39, 0.29) is 11.5 Å². The van der Waals surface area contributed by atoms with E-state index >= 15 is 0 Å². The quantitative estimate of drug-likeness (QED) is 0.536. The molecule has 0 aromatic heterocycles. The molecule has 0 N–H and O–H groups in total. The summed E-state index contributed by atoms with van der Waals surface area (Å²) >= 11 is 0. The van der Waals surface area contributed by atoms with Gasteiger partial charge in [0.15, 0.2) is 0 Å². The smallest absolute Gasteiger partial charge is 0.310 e. The zero-order valence-corrected chi connectivity index (χ0v) is 11.2. The Morgan fingerprint density at radius 3 is 2.39 bits per heavy atom. The van der Waals surface area contributed by atoms with Crippen molar-refractivity contribution >= 4 is 0 Å². The van der Waals surface area contributed by atoms with E-state index in [1.54, 1.807) is 0 Å². The summed E-state index contributed by atoms with van der Waals surface area (Å²) in [4.78, 5) is 0. The van der Waals surface area contributed by atoms with E-state index in [4.69, 9.17) is 25.4 Å². The van der Waals surface area contributed by atoms with Crippen molar-refractivity contribution < 1.29 is 18.9 Å². The summed E-state index contributed by atoms with van der Waals surface area (Å²) in [6.07, 6.45) is 7.68. The van der Waals surface area contributed by atoms with Gasteiger partial charge < -0.3 is 18.9 Å². The molecule has 4 heteroatoms. The third kappa shape index (κ3) is 2.55. The lowest BCUT2D eigenvalue weighted by molar-refractivity contribution is -0.491. The second-order valence-electron chi connectivity index (χ2n) is 5.19. The molecule has 3 rings (SSSR count). The van der Waals surface area contributed by atoms with Crippen LogP contribution in [0.15, 0.2) is 0 Å². The van der Waals surface area contributed by atoms with Crippen LogP contribution in [0.3, 0.4) is 0 Å². The van der Waals surface area contributed by atoms with Gasteiger partial charge in [0.05, 0.1) is 26.4 Å². The van der Waals surface area contributed by atoms with Crippen molar-refractivity contribution in [1.82, 2.24) is 0 Å². The van der Waals surface area contributed by atoms with Crippen LogP contribution in [0.2, 0.25) is 0 Å². The number of fused-ring (bicyclic) bond motifs is 3. The molecule has 3 aliphatic rings. The molecule has 0 saturated carbocycles. The maximum absolute atomic E-state index is 5.79. The molecular weight excluding hydrogens is 232 g/mol. The fourth-order valence-electron chi connectivity index (χ4n) is 2.51.